The molecule has 4 aromatic rings. The lowest BCUT2D eigenvalue weighted by Crippen LogP contribution is -2.21. The van der Waals surface area contributed by atoms with Crippen LogP contribution in [0.4, 0.5) is 33.6 Å². The molecule has 1 atom stereocenters. The molecule has 1 aliphatic heterocycles. The van der Waals surface area contributed by atoms with Crippen molar-refractivity contribution in [2.24, 2.45) is 0 Å². The van der Waals surface area contributed by atoms with Crippen LogP contribution in [0.25, 0.3) is 11.0 Å². The molecule has 0 saturated carbocycles. The number of benzene rings is 3. The Labute approximate surface area is 216 Å². The van der Waals surface area contributed by atoms with Crippen molar-refractivity contribution < 1.29 is 31.5 Å². The largest absolute Gasteiger partial charge is 0.416 e. The smallest absolute Gasteiger partial charge is 0.349 e. The quantitative estimate of drug-likeness (QED) is 0.286. The summed E-state index contributed by atoms with van der Waals surface area (Å²) < 4.78 is 67.7. The first-order chi connectivity index (χ1) is 17.8. The number of amides is 2. The molecule has 2 amide bonds. The van der Waals surface area contributed by atoms with E-state index in [1.807, 2.05) is 0 Å². The van der Waals surface area contributed by atoms with Crippen molar-refractivity contribution in [1.29, 1.82) is 0 Å². The van der Waals surface area contributed by atoms with Crippen LogP contribution in [0.15, 0.2) is 42.5 Å². The lowest BCUT2D eigenvalue weighted by molar-refractivity contribution is -0.137. The van der Waals surface area contributed by atoms with Crippen molar-refractivity contribution in [3.8, 4) is 0 Å². The van der Waals surface area contributed by atoms with Crippen LogP contribution in [0, 0.1) is 11.6 Å². The molecule has 2 heterocycles. The van der Waals surface area contributed by atoms with Crippen LogP contribution >= 0.6 is 11.6 Å². The Morgan fingerprint density at radius 1 is 1.08 bits per heavy atom. The molecule has 3 aromatic carbocycles. The van der Waals surface area contributed by atoms with E-state index in [0.29, 0.717) is 23.6 Å². The molecular formula is C25H17ClF5N5O2. The van der Waals surface area contributed by atoms with E-state index in [0.717, 1.165) is 12.1 Å². The highest BCUT2D eigenvalue weighted by Crippen LogP contribution is 2.43. The van der Waals surface area contributed by atoms with Gasteiger partial charge in [-0.15, -0.1) is 0 Å². The van der Waals surface area contributed by atoms with E-state index in [1.54, 1.807) is 19.0 Å². The summed E-state index contributed by atoms with van der Waals surface area (Å²) >= 11 is 6.31. The summed E-state index contributed by atoms with van der Waals surface area (Å²) in [6.07, 6.45) is -4.88. The van der Waals surface area contributed by atoms with Gasteiger partial charge >= 0.3 is 6.18 Å². The van der Waals surface area contributed by atoms with Gasteiger partial charge in [-0.25, -0.2) is 13.8 Å². The van der Waals surface area contributed by atoms with Crippen LogP contribution in [0.5, 0.6) is 0 Å². The Kier molecular flexibility index (Phi) is 6.02. The fraction of sp³-hybridized carbons (Fsp3) is 0.160. The summed E-state index contributed by atoms with van der Waals surface area (Å²) in [5, 5.41) is 5.32. The van der Waals surface area contributed by atoms with Crippen LogP contribution in [-0.4, -0.2) is 35.9 Å². The molecular weight excluding hydrogens is 533 g/mol. The molecule has 38 heavy (non-hydrogen) atoms. The molecule has 0 bridgehead atoms. The van der Waals surface area contributed by atoms with Crippen molar-refractivity contribution >= 4 is 46.1 Å². The number of nitrogens with one attached hydrogen (secondary N) is 3. The second-order valence-corrected chi connectivity index (χ2v) is 9.22. The van der Waals surface area contributed by atoms with Crippen LogP contribution in [-0.2, 0) is 6.18 Å². The maximum atomic E-state index is 14.1. The topological polar surface area (TPSA) is 90.1 Å². The number of halogens is 6. The molecule has 0 saturated heterocycles. The van der Waals surface area contributed by atoms with Gasteiger partial charge in [0.2, 0.25) is 5.95 Å². The molecule has 0 radical (unpaired) electrons. The van der Waals surface area contributed by atoms with Gasteiger partial charge in [0.1, 0.15) is 11.6 Å². The standard InChI is InChI=1S/C25H17ClF5N5O2/c1-36(2)24-33-17-9-16(32-22(37)10-5-11(25(29,30)31)7-13(28)6-10)18-19(21(17)35-24)23(38)34-20(18)14-8-12(27)3-4-15(14)26/h3-9,20H,1-2H3,(H,32,37)(H,33,35)(H,34,38). The van der Waals surface area contributed by atoms with Gasteiger partial charge in [-0.3, -0.25) is 9.59 Å². The van der Waals surface area contributed by atoms with E-state index in [1.165, 1.54) is 12.1 Å². The number of imidazole rings is 1. The van der Waals surface area contributed by atoms with Crippen molar-refractivity contribution in [1.82, 2.24) is 15.3 Å². The van der Waals surface area contributed by atoms with E-state index in [4.69, 9.17) is 11.6 Å². The molecule has 196 valence electrons. The number of aromatic nitrogens is 2. The van der Waals surface area contributed by atoms with Gasteiger partial charge in [0.05, 0.1) is 28.2 Å². The molecule has 0 fully saturated rings. The van der Waals surface area contributed by atoms with Crippen LogP contribution in [0.1, 0.15) is 43.4 Å². The summed E-state index contributed by atoms with van der Waals surface area (Å²) in [4.78, 5) is 35.3. The highest BCUT2D eigenvalue weighted by molar-refractivity contribution is 6.31. The molecule has 1 unspecified atom stereocenters. The molecule has 1 aromatic heterocycles. The second kappa shape index (κ2) is 8.98. The Morgan fingerprint density at radius 2 is 1.82 bits per heavy atom. The number of rotatable bonds is 4. The van der Waals surface area contributed by atoms with Gasteiger partial charge in [0.15, 0.2) is 0 Å². The minimum Gasteiger partial charge on any atom is -0.349 e. The van der Waals surface area contributed by atoms with Gasteiger partial charge in [-0.2, -0.15) is 13.2 Å². The molecule has 1 aliphatic rings. The van der Waals surface area contributed by atoms with Crippen molar-refractivity contribution in [3.05, 3.63) is 86.9 Å². The zero-order chi connectivity index (χ0) is 27.5. The van der Waals surface area contributed by atoms with Crippen LogP contribution in [0.2, 0.25) is 5.02 Å². The predicted molar refractivity (Wildman–Crippen MR) is 130 cm³/mol. The third-order valence-electron chi connectivity index (χ3n) is 6.03. The monoisotopic (exact) mass is 549 g/mol. The number of carbonyl (C=O) groups excluding carboxylic acids is 2. The van der Waals surface area contributed by atoms with E-state index in [-0.39, 0.29) is 39.0 Å². The van der Waals surface area contributed by atoms with Crippen LogP contribution < -0.4 is 15.5 Å². The molecule has 0 aliphatic carbocycles. The highest BCUT2D eigenvalue weighted by Gasteiger charge is 2.37. The SMILES string of the molecule is CN(C)c1nc2cc(NC(=O)c3cc(F)cc(C(F)(F)F)c3)c3c(c2[nH]1)C(=O)NC3c1cc(F)ccc1Cl. The first-order valence-electron chi connectivity index (χ1n) is 11.0. The summed E-state index contributed by atoms with van der Waals surface area (Å²) in [5.41, 5.74) is -0.906. The number of alkyl halides is 3. The maximum absolute atomic E-state index is 14.1. The van der Waals surface area contributed by atoms with Crippen molar-refractivity contribution in [2.45, 2.75) is 12.2 Å². The Hall–Kier alpha value is -4.19. The maximum Gasteiger partial charge on any atom is 0.416 e. The average Bonchev–Trinajstić information content (AvgIpc) is 3.41. The first kappa shape index (κ1) is 25.5. The van der Waals surface area contributed by atoms with Crippen molar-refractivity contribution in [3.63, 3.8) is 0 Å². The van der Waals surface area contributed by atoms with Gasteiger partial charge in [-0.1, -0.05) is 11.6 Å². The minimum absolute atomic E-state index is 0.00389. The number of carbonyl (C=O) groups is 2. The number of nitrogens with zero attached hydrogens (tertiary/aromatic N) is 2. The zero-order valence-corrected chi connectivity index (χ0v) is 20.4. The lowest BCUT2D eigenvalue weighted by Gasteiger charge is -2.18. The fourth-order valence-electron chi connectivity index (χ4n) is 4.33. The van der Waals surface area contributed by atoms with Crippen LogP contribution in [0.3, 0.4) is 0 Å². The van der Waals surface area contributed by atoms with E-state index in [9.17, 15) is 31.5 Å². The molecule has 3 N–H and O–H groups in total. The minimum atomic E-state index is -4.88. The predicted octanol–water partition coefficient (Wildman–Crippen LogP) is 5.66. The number of hydrogen-bond acceptors (Lipinski definition) is 4. The fourth-order valence-corrected chi connectivity index (χ4v) is 4.55. The third kappa shape index (κ3) is 4.40. The Morgan fingerprint density at radius 3 is 2.50 bits per heavy atom. The lowest BCUT2D eigenvalue weighted by atomic mass is 9.95. The Bertz CT molecular complexity index is 1630. The second-order valence-electron chi connectivity index (χ2n) is 8.81. The number of H-pyrrole nitrogens is 1. The summed E-state index contributed by atoms with van der Waals surface area (Å²) in [6.45, 7) is 0. The Balaban J connectivity index is 1.69. The molecule has 13 heteroatoms. The number of aromatic amines is 1. The van der Waals surface area contributed by atoms with E-state index >= 15 is 0 Å². The van der Waals surface area contributed by atoms with E-state index in [2.05, 4.69) is 20.6 Å². The third-order valence-corrected chi connectivity index (χ3v) is 6.37. The first-order valence-corrected chi connectivity index (χ1v) is 11.4. The van der Waals surface area contributed by atoms with E-state index < -0.39 is 46.8 Å². The van der Waals surface area contributed by atoms with Gasteiger partial charge in [-0.05, 0) is 42.5 Å². The highest BCUT2D eigenvalue weighted by atomic mass is 35.5. The van der Waals surface area contributed by atoms with Gasteiger partial charge in [0.25, 0.3) is 11.8 Å². The molecule has 7 nitrogen and oxygen atoms in total. The number of hydrogen-bond donors (Lipinski definition) is 3. The average molecular weight is 550 g/mol. The zero-order valence-electron chi connectivity index (χ0n) is 19.6. The summed E-state index contributed by atoms with van der Waals surface area (Å²) in [7, 11) is 3.41. The summed E-state index contributed by atoms with van der Waals surface area (Å²) in [5.74, 6) is -3.15. The number of fused-ring (bicyclic) bond motifs is 3. The van der Waals surface area contributed by atoms with Crippen molar-refractivity contribution in [2.75, 3.05) is 24.3 Å². The normalized spacial score (nSPS) is 14.9. The summed E-state index contributed by atoms with van der Waals surface area (Å²) in [6, 6.07) is 5.40. The number of anilines is 2. The molecule has 0 spiro atoms. The van der Waals surface area contributed by atoms with Gasteiger partial charge in [0, 0.05) is 41.5 Å². The van der Waals surface area contributed by atoms with Gasteiger partial charge < -0.3 is 20.5 Å². The molecule has 5 rings (SSSR count).